The van der Waals surface area contributed by atoms with Gasteiger partial charge in [0.15, 0.2) is 0 Å². The SMILES string of the molecule is [B]C(C)(CC)c1ccc(S(N)(=O)=O)cc1. The van der Waals surface area contributed by atoms with E-state index in [4.69, 9.17) is 13.0 Å². The quantitative estimate of drug-likeness (QED) is 0.780. The standard InChI is InChI=1S/C10H14BNO2S/c1-3-10(2,11)8-4-6-9(7-5-8)15(12,13)14/h4-7H,3H2,1-2H3,(H2,12,13,14). The molecule has 0 bridgehead atoms. The Morgan fingerprint density at radius 2 is 1.80 bits per heavy atom. The molecule has 0 heterocycles. The highest BCUT2D eigenvalue weighted by Gasteiger charge is 2.18. The number of rotatable bonds is 3. The van der Waals surface area contributed by atoms with Gasteiger partial charge in [0, 0.05) is 0 Å². The van der Waals surface area contributed by atoms with Crippen molar-refractivity contribution in [1.82, 2.24) is 0 Å². The van der Waals surface area contributed by atoms with E-state index in [1.165, 1.54) is 12.1 Å². The molecule has 0 aliphatic rings. The lowest BCUT2D eigenvalue weighted by atomic mass is 9.64. The first kappa shape index (κ1) is 12.3. The van der Waals surface area contributed by atoms with Crippen molar-refractivity contribution in [2.75, 3.05) is 0 Å². The van der Waals surface area contributed by atoms with Crippen LogP contribution < -0.4 is 5.14 Å². The summed E-state index contributed by atoms with van der Waals surface area (Å²) in [6, 6.07) is 6.35. The Bertz CT molecular complexity index is 437. The Morgan fingerprint density at radius 1 is 1.33 bits per heavy atom. The average molecular weight is 223 g/mol. The van der Waals surface area contributed by atoms with Crippen molar-refractivity contribution in [1.29, 1.82) is 0 Å². The molecule has 0 aliphatic heterocycles. The topological polar surface area (TPSA) is 60.2 Å². The number of nitrogens with two attached hydrogens (primary N) is 1. The van der Waals surface area contributed by atoms with Crippen molar-refractivity contribution in [3.8, 4) is 0 Å². The van der Waals surface area contributed by atoms with Gasteiger partial charge in [0.1, 0.15) is 0 Å². The molecular weight excluding hydrogens is 209 g/mol. The summed E-state index contributed by atoms with van der Waals surface area (Å²) < 4.78 is 22.0. The number of hydrogen-bond acceptors (Lipinski definition) is 2. The highest BCUT2D eigenvalue weighted by atomic mass is 32.2. The summed E-state index contributed by atoms with van der Waals surface area (Å²) in [5, 5.41) is 4.56. The minimum absolute atomic E-state index is 0.109. The molecule has 0 saturated heterocycles. The first-order valence-corrected chi connectivity index (χ1v) is 6.24. The third-order valence-corrected chi connectivity index (χ3v) is 3.51. The second kappa shape index (κ2) is 3.98. The maximum atomic E-state index is 11.0. The van der Waals surface area contributed by atoms with Gasteiger partial charge in [-0.25, -0.2) is 13.6 Å². The predicted molar refractivity (Wildman–Crippen MR) is 61.2 cm³/mol. The smallest absolute Gasteiger partial charge is 0.225 e. The number of hydrogen-bond donors (Lipinski definition) is 1. The molecule has 0 aliphatic carbocycles. The summed E-state index contributed by atoms with van der Waals surface area (Å²) in [5.74, 6) is 0. The van der Waals surface area contributed by atoms with Gasteiger partial charge in [-0.1, -0.05) is 38.0 Å². The van der Waals surface area contributed by atoms with Gasteiger partial charge in [-0.05, 0) is 17.4 Å². The molecule has 0 spiro atoms. The zero-order chi connectivity index (χ0) is 11.7. The summed E-state index contributed by atoms with van der Waals surface area (Å²) in [6.07, 6.45) is 0.779. The molecule has 1 unspecified atom stereocenters. The zero-order valence-electron chi connectivity index (χ0n) is 8.90. The van der Waals surface area contributed by atoms with Crippen LogP contribution in [0.25, 0.3) is 0 Å². The maximum Gasteiger partial charge on any atom is 0.238 e. The Morgan fingerprint density at radius 3 is 2.13 bits per heavy atom. The molecule has 5 heteroatoms. The van der Waals surface area contributed by atoms with Gasteiger partial charge in [0.25, 0.3) is 0 Å². The molecule has 1 aromatic rings. The van der Waals surface area contributed by atoms with E-state index in [1.54, 1.807) is 12.1 Å². The molecule has 0 saturated carbocycles. The van der Waals surface area contributed by atoms with Crippen molar-refractivity contribution in [2.45, 2.75) is 30.5 Å². The van der Waals surface area contributed by atoms with Crippen LogP contribution in [0.1, 0.15) is 25.8 Å². The lowest BCUT2D eigenvalue weighted by molar-refractivity contribution is 0.597. The Labute approximate surface area is 92.1 Å². The second-order valence-corrected chi connectivity index (χ2v) is 5.40. The molecular formula is C10H14BNO2S. The first-order valence-electron chi connectivity index (χ1n) is 4.69. The fraction of sp³-hybridized carbons (Fsp3) is 0.400. The molecule has 3 nitrogen and oxygen atoms in total. The molecule has 1 rings (SSSR count). The minimum Gasteiger partial charge on any atom is -0.225 e. The van der Waals surface area contributed by atoms with Crippen LogP contribution in [0.4, 0.5) is 0 Å². The molecule has 2 radical (unpaired) electrons. The van der Waals surface area contributed by atoms with Crippen LogP contribution in [0.15, 0.2) is 29.2 Å². The third kappa shape index (κ3) is 2.82. The molecule has 1 aromatic carbocycles. The van der Waals surface area contributed by atoms with Crippen LogP contribution in [0.2, 0.25) is 0 Å². The van der Waals surface area contributed by atoms with Crippen molar-refractivity contribution < 1.29 is 8.42 Å². The lowest BCUT2D eigenvalue weighted by Gasteiger charge is -2.23. The summed E-state index contributed by atoms with van der Waals surface area (Å²) >= 11 is 0. The van der Waals surface area contributed by atoms with Gasteiger partial charge in [0.05, 0.1) is 12.7 Å². The Hall–Kier alpha value is -0.805. The zero-order valence-corrected chi connectivity index (χ0v) is 9.71. The van der Waals surface area contributed by atoms with Crippen LogP contribution in [0.5, 0.6) is 0 Å². The fourth-order valence-corrected chi connectivity index (χ4v) is 1.74. The average Bonchev–Trinajstić information content (AvgIpc) is 2.17. The van der Waals surface area contributed by atoms with Gasteiger partial charge in [-0.2, -0.15) is 0 Å². The van der Waals surface area contributed by atoms with Crippen molar-refractivity contribution >= 4 is 17.9 Å². The van der Waals surface area contributed by atoms with Gasteiger partial charge >= 0.3 is 0 Å². The summed E-state index contributed by atoms with van der Waals surface area (Å²) in [7, 11) is 2.40. The Balaban J connectivity index is 3.12. The van der Waals surface area contributed by atoms with E-state index in [-0.39, 0.29) is 4.90 Å². The van der Waals surface area contributed by atoms with E-state index in [0.717, 1.165) is 12.0 Å². The van der Waals surface area contributed by atoms with E-state index in [0.29, 0.717) is 0 Å². The van der Waals surface area contributed by atoms with Crippen LogP contribution in [-0.4, -0.2) is 16.3 Å². The third-order valence-electron chi connectivity index (χ3n) is 2.58. The number of primary sulfonamides is 1. The molecule has 1 atom stereocenters. The molecule has 0 fully saturated rings. The normalized spacial score (nSPS) is 15.9. The van der Waals surface area contributed by atoms with E-state index in [1.807, 2.05) is 13.8 Å². The Kier molecular flexibility index (Phi) is 3.26. The van der Waals surface area contributed by atoms with E-state index in [2.05, 4.69) is 0 Å². The number of benzene rings is 1. The molecule has 0 aromatic heterocycles. The summed E-state index contributed by atoms with van der Waals surface area (Å²) in [5.41, 5.74) is 0.900. The highest BCUT2D eigenvalue weighted by molar-refractivity contribution is 7.89. The summed E-state index contributed by atoms with van der Waals surface area (Å²) in [4.78, 5) is 0.109. The largest absolute Gasteiger partial charge is 0.238 e. The lowest BCUT2D eigenvalue weighted by Crippen LogP contribution is -2.21. The number of sulfonamides is 1. The van der Waals surface area contributed by atoms with Crippen molar-refractivity contribution in [2.24, 2.45) is 5.14 Å². The molecule has 15 heavy (non-hydrogen) atoms. The monoisotopic (exact) mass is 223 g/mol. The van der Waals surface area contributed by atoms with Crippen molar-refractivity contribution in [3.05, 3.63) is 29.8 Å². The molecule has 2 N–H and O–H groups in total. The van der Waals surface area contributed by atoms with Gasteiger partial charge < -0.3 is 0 Å². The van der Waals surface area contributed by atoms with Crippen LogP contribution in [-0.2, 0) is 15.3 Å². The maximum absolute atomic E-state index is 11.0. The van der Waals surface area contributed by atoms with E-state index in [9.17, 15) is 8.42 Å². The predicted octanol–water partition coefficient (Wildman–Crippen LogP) is 1.13. The van der Waals surface area contributed by atoms with Crippen molar-refractivity contribution in [3.63, 3.8) is 0 Å². The van der Waals surface area contributed by atoms with Crippen LogP contribution in [0, 0.1) is 0 Å². The van der Waals surface area contributed by atoms with Crippen LogP contribution in [0.3, 0.4) is 0 Å². The fourth-order valence-electron chi connectivity index (χ4n) is 1.23. The van der Waals surface area contributed by atoms with Gasteiger partial charge in [-0.15, -0.1) is 0 Å². The highest BCUT2D eigenvalue weighted by Crippen LogP contribution is 2.24. The minimum atomic E-state index is -3.61. The second-order valence-electron chi connectivity index (χ2n) is 3.84. The first-order chi connectivity index (χ1) is 6.77. The van der Waals surface area contributed by atoms with Gasteiger partial charge in [0.2, 0.25) is 10.0 Å². The molecule has 0 amide bonds. The van der Waals surface area contributed by atoms with Crippen LogP contribution >= 0.6 is 0 Å². The van der Waals surface area contributed by atoms with E-state index < -0.39 is 15.3 Å². The van der Waals surface area contributed by atoms with E-state index >= 15 is 0 Å². The van der Waals surface area contributed by atoms with Gasteiger partial charge in [-0.3, -0.25) is 0 Å². The molecule has 80 valence electrons. The summed E-state index contributed by atoms with van der Waals surface area (Å²) in [6.45, 7) is 3.88.